The number of H-pyrrole nitrogens is 2. The van der Waals surface area contributed by atoms with Crippen LogP contribution in [0, 0.1) is 5.82 Å². The zero-order chi connectivity index (χ0) is 11.8. The van der Waals surface area contributed by atoms with E-state index in [-0.39, 0.29) is 11.4 Å². The Kier molecular flexibility index (Phi) is 2.01. The van der Waals surface area contributed by atoms with Gasteiger partial charge in [0.15, 0.2) is 0 Å². The molecule has 6 heteroatoms. The smallest absolute Gasteiger partial charge is 0.276 e. The highest BCUT2D eigenvalue weighted by atomic mass is 19.1. The molecule has 3 rings (SSSR count). The molecule has 3 aromatic rings. The second-order valence-corrected chi connectivity index (χ2v) is 3.53. The summed E-state index contributed by atoms with van der Waals surface area (Å²) in [5.74, 6) is -0.320. The minimum Gasteiger partial charge on any atom is -0.311 e. The van der Waals surface area contributed by atoms with E-state index >= 15 is 0 Å². The lowest BCUT2D eigenvalue weighted by atomic mass is 10.1. The molecule has 0 spiro atoms. The molecule has 17 heavy (non-hydrogen) atoms. The summed E-state index contributed by atoms with van der Waals surface area (Å²) in [6, 6.07) is 5.85. The maximum absolute atomic E-state index is 12.8. The second-order valence-electron chi connectivity index (χ2n) is 3.53. The first-order valence-corrected chi connectivity index (χ1v) is 4.93. The molecule has 1 aromatic carbocycles. The lowest BCUT2D eigenvalue weighted by Gasteiger charge is -1.96. The maximum atomic E-state index is 12.8. The minimum atomic E-state index is -0.320. The number of aromatic amines is 2. The van der Waals surface area contributed by atoms with Crippen LogP contribution in [0.1, 0.15) is 0 Å². The normalized spacial score (nSPS) is 10.9. The first kappa shape index (κ1) is 9.71. The molecular weight excluding hydrogens is 223 g/mol. The van der Waals surface area contributed by atoms with Crippen LogP contribution in [-0.2, 0) is 0 Å². The van der Waals surface area contributed by atoms with E-state index in [9.17, 15) is 9.18 Å². The van der Waals surface area contributed by atoms with Crippen molar-refractivity contribution >= 4 is 11.0 Å². The summed E-state index contributed by atoms with van der Waals surface area (Å²) in [5.41, 5.74) is 1.74. The third-order valence-corrected chi connectivity index (χ3v) is 2.47. The molecule has 0 radical (unpaired) electrons. The SMILES string of the molecule is O=c1[nH]cnc2c(-c3ccc(F)cc3)n[nH]c12. The number of aromatic nitrogens is 4. The van der Waals surface area contributed by atoms with Gasteiger partial charge < -0.3 is 4.98 Å². The Morgan fingerprint density at radius 3 is 2.71 bits per heavy atom. The molecule has 2 aromatic heterocycles. The van der Waals surface area contributed by atoms with Crippen LogP contribution in [0.4, 0.5) is 4.39 Å². The largest absolute Gasteiger partial charge is 0.311 e. The Morgan fingerprint density at radius 1 is 1.18 bits per heavy atom. The van der Waals surface area contributed by atoms with Gasteiger partial charge >= 0.3 is 0 Å². The fourth-order valence-electron chi connectivity index (χ4n) is 1.66. The summed E-state index contributed by atoms with van der Waals surface area (Å²) >= 11 is 0. The van der Waals surface area contributed by atoms with Crippen LogP contribution in [-0.4, -0.2) is 20.2 Å². The lowest BCUT2D eigenvalue weighted by Crippen LogP contribution is -2.05. The van der Waals surface area contributed by atoms with Crippen molar-refractivity contribution in [3.8, 4) is 11.3 Å². The summed E-state index contributed by atoms with van der Waals surface area (Å²) in [6.07, 6.45) is 1.31. The first-order valence-electron chi connectivity index (χ1n) is 4.93. The summed E-state index contributed by atoms with van der Waals surface area (Å²) in [7, 11) is 0. The minimum absolute atomic E-state index is 0.282. The first-order chi connectivity index (χ1) is 8.25. The van der Waals surface area contributed by atoms with Gasteiger partial charge in [-0.05, 0) is 24.3 Å². The Hall–Kier alpha value is -2.50. The average molecular weight is 230 g/mol. The van der Waals surface area contributed by atoms with Crippen molar-refractivity contribution in [1.82, 2.24) is 20.2 Å². The topological polar surface area (TPSA) is 74.4 Å². The highest BCUT2D eigenvalue weighted by molar-refractivity contribution is 5.88. The summed E-state index contributed by atoms with van der Waals surface area (Å²) in [5, 5.41) is 6.65. The molecule has 0 saturated heterocycles. The highest BCUT2D eigenvalue weighted by Crippen LogP contribution is 2.22. The van der Waals surface area contributed by atoms with E-state index in [4.69, 9.17) is 0 Å². The fourth-order valence-corrected chi connectivity index (χ4v) is 1.66. The molecule has 0 bridgehead atoms. The quantitative estimate of drug-likeness (QED) is 0.664. The molecule has 84 valence electrons. The lowest BCUT2D eigenvalue weighted by molar-refractivity contribution is 0.628. The maximum Gasteiger partial charge on any atom is 0.276 e. The van der Waals surface area contributed by atoms with Gasteiger partial charge in [0.2, 0.25) is 0 Å². The van der Waals surface area contributed by atoms with Gasteiger partial charge in [0.05, 0.1) is 6.33 Å². The third-order valence-electron chi connectivity index (χ3n) is 2.47. The number of hydrogen-bond acceptors (Lipinski definition) is 3. The van der Waals surface area contributed by atoms with Gasteiger partial charge in [-0.3, -0.25) is 9.89 Å². The van der Waals surface area contributed by atoms with Crippen LogP contribution in [0.25, 0.3) is 22.3 Å². The average Bonchev–Trinajstić information content (AvgIpc) is 2.75. The van der Waals surface area contributed by atoms with E-state index in [1.54, 1.807) is 12.1 Å². The second kappa shape index (κ2) is 3.51. The Bertz CT molecular complexity index is 729. The van der Waals surface area contributed by atoms with E-state index in [1.165, 1.54) is 18.5 Å². The summed E-state index contributed by atoms with van der Waals surface area (Å²) in [6.45, 7) is 0. The Morgan fingerprint density at radius 2 is 1.94 bits per heavy atom. The number of hydrogen-bond donors (Lipinski definition) is 2. The van der Waals surface area contributed by atoms with Crippen LogP contribution in [0.5, 0.6) is 0 Å². The number of nitrogens with one attached hydrogen (secondary N) is 2. The van der Waals surface area contributed by atoms with E-state index in [2.05, 4.69) is 20.2 Å². The molecule has 0 aliphatic rings. The van der Waals surface area contributed by atoms with E-state index < -0.39 is 0 Å². The van der Waals surface area contributed by atoms with Gasteiger partial charge in [0.25, 0.3) is 5.56 Å². The molecule has 2 N–H and O–H groups in total. The molecule has 0 saturated carbocycles. The summed E-state index contributed by atoms with van der Waals surface area (Å²) < 4.78 is 12.8. The molecule has 0 aliphatic carbocycles. The van der Waals surface area contributed by atoms with Crippen LogP contribution >= 0.6 is 0 Å². The van der Waals surface area contributed by atoms with Crippen molar-refractivity contribution in [2.75, 3.05) is 0 Å². The van der Waals surface area contributed by atoms with Gasteiger partial charge in [0.1, 0.15) is 22.5 Å². The van der Waals surface area contributed by atoms with Crippen molar-refractivity contribution in [1.29, 1.82) is 0 Å². The van der Waals surface area contributed by atoms with Crippen molar-refractivity contribution < 1.29 is 4.39 Å². The zero-order valence-corrected chi connectivity index (χ0v) is 8.57. The number of fused-ring (bicyclic) bond motifs is 1. The van der Waals surface area contributed by atoms with Crippen molar-refractivity contribution in [2.45, 2.75) is 0 Å². The van der Waals surface area contributed by atoms with Gasteiger partial charge in [-0.25, -0.2) is 9.37 Å². The standard InChI is InChI=1S/C11H7FN4O/c12-7-3-1-6(2-4-7)8-9-10(16-15-8)11(17)14-5-13-9/h1-5H,(H,15,16)(H,13,14,17). The number of rotatable bonds is 1. The Balaban J connectivity index is 2.28. The van der Waals surface area contributed by atoms with Crippen LogP contribution < -0.4 is 5.56 Å². The molecule has 2 heterocycles. The highest BCUT2D eigenvalue weighted by Gasteiger charge is 2.11. The zero-order valence-electron chi connectivity index (χ0n) is 8.57. The predicted octanol–water partition coefficient (Wildman–Crippen LogP) is 1.45. The number of nitrogens with zero attached hydrogens (tertiary/aromatic N) is 2. The molecular formula is C11H7FN4O. The van der Waals surface area contributed by atoms with Crippen molar-refractivity contribution in [2.24, 2.45) is 0 Å². The van der Waals surface area contributed by atoms with Crippen molar-refractivity contribution in [3.05, 3.63) is 46.8 Å². The number of halogens is 1. The van der Waals surface area contributed by atoms with E-state index in [1.807, 2.05) is 0 Å². The molecule has 0 unspecified atom stereocenters. The Labute approximate surface area is 94.3 Å². The molecule has 0 amide bonds. The van der Waals surface area contributed by atoms with Gasteiger partial charge in [-0.1, -0.05) is 0 Å². The fraction of sp³-hybridized carbons (Fsp3) is 0. The van der Waals surface area contributed by atoms with Gasteiger partial charge in [-0.2, -0.15) is 5.10 Å². The number of benzene rings is 1. The van der Waals surface area contributed by atoms with Crippen LogP contribution in [0.15, 0.2) is 35.4 Å². The molecule has 0 atom stereocenters. The van der Waals surface area contributed by atoms with E-state index in [0.29, 0.717) is 22.3 Å². The molecule has 0 aliphatic heterocycles. The summed E-state index contributed by atoms with van der Waals surface area (Å²) in [4.78, 5) is 18.0. The molecule has 0 fully saturated rings. The monoisotopic (exact) mass is 230 g/mol. The molecule has 5 nitrogen and oxygen atoms in total. The van der Waals surface area contributed by atoms with E-state index in [0.717, 1.165) is 0 Å². The van der Waals surface area contributed by atoms with Gasteiger partial charge in [-0.15, -0.1) is 0 Å². The van der Waals surface area contributed by atoms with Crippen LogP contribution in [0.2, 0.25) is 0 Å². The van der Waals surface area contributed by atoms with Crippen LogP contribution in [0.3, 0.4) is 0 Å². The van der Waals surface area contributed by atoms with Gasteiger partial charge in [0, 0.05) is 5.56 Å². The predicted molar refractivity (Wildman–Crippen MR) is 59.9 cm³/mol. The third kappa shape index (κ3) is 1.50. The van der Waals surface area contributed by atoms with Crippen molar-refractivity contribution in [3.63, 3.8) is 0 Å².